The Morgan fingerprint density at radius 1 is 1.27 bits per heavy atom. The molecular weight excluding hydrogens is 502 g/mol. The van der Waals surface area contributed by atoms with E-state index < -0.39 is 11.9 Å². The number of rotatable bonds is 9. The highest BCUT2D eigenvalue weighted by Gasteiger charge is 2.33. The number of primary amides is 1. The zero-order valence-electron chi connectivity index (χ0n) is 18.5. The summed E-state index contributed by atoms with van der Waals surface area (Å²) < 4.78 is 8.70. The quantitative estimate of drug-likeness (QED) is 0.290. The van der Waals surface area contributed by atoms with Gasteiger partial charge < -0.3 is 15.8 Å². The summed E-state index contributed by atoms with van der Waals surface area (Å²) in [4.78, 5) is 17.0. The Hall–Kier alpha value is -2.78. The molecule has 1 amide bonds. The molecule has 7 nitrogen and oxygen atoms in total. The van der Waals surface area contributed by atoms with Crippen molar-refractivity contribution in [3.8, 4) is 5.75 Å². The van der Waals surface area contributed by atoms with Crippen molar-refractivity contribution in [2.24, 2.45) is 5.73 Å². The molecule has 1 aliphatic rings. The van der Waals surface area contributed by atoms with Gasteiger partial charge in [-0.2, -0.15) is 4.98 Å². The van der Waals surface area contributed by atoms with Gasteiger partial charge in [0.25, 0.3) is 0 Å². The second-order valence-corrected chi connectivity index (χ2v) is 9.76. The second-order valence-electron chi connectivity index (χ2n) is 7.78. The van der Waals surface area contributed by atoms with Crippen LogP contribution >= 0.6 is 27.7 Å². The highest BCUT2D eigenvalue weighted by Crippen LogP contribution is 2.36. The number of anilines is 1. The summed E-state index contributed by atoms with van der Waals surface area (Å²) in [5, 5.41) is 8.55. The number of allylic oxidation sites excluding steroid dienone is 1. The molecule has 0 fully saturated rings. The van der Waals surface area contributed by atoms with Crippen LogP contribution in [-0.4, -0.2) is 26.4 Å². The number of carbonyl (C=O) groups is 1. The fourth-order valence-corrected chi connectivity index (χ4v) is 5.03. The summed E-state index contributed by atoms with van der Waals surface area (Å²) in [6, 6.07) is 15.2. The first-order valence-electron chi connectivity index (χ1n) is 10.8. The maximum absolute atomic E-state index is 12.4. The topological polar surface area (TPSA) is 95.1 Å². The smallest absolute Gasteiger partial charge is 0.248 e. The first-order chi connectivity index (χ1) is 16.0. The van der Waals surface area contributed by atoms with Gasteiger partial charge >= 0.3 is 0 Å². The monoisotopic (exact) mass is 527 g/mol. The average molecular weight is 528 g/mol. The lowest BCUT2D eigenvalue weighted by Crippen LogP contribution is -2.31. The molecule has 0 radical (unpaired) electrons. The molecule has 4 rings (SSSR count). The van der Waals surface area contributed by atoms with E-state index in [4.69, 9.17) is 10.5 Å². The van der Waals surface area contributed by atoms with Crippen molar-refractivity contribution in [1.82, 2.24) is 14.8 Å². The number of unbranched alkanes of at least 4 members (excludes halogenated alkanes) is 1. The number of hydrogen-bond acceptors (Lipinski definition) is 6. The van der Waals surface area contributed by atoms with Crippen LogP contribution in [0.5, 0.6) is 5.75 Å². The molecule has 3 aromatic rings. The Morgan fingerprint density at radius 3 is 2.76 bits per heavy atom. The molecule has 0 spiro atoms. The molecule has 0 saturated carbocycles. The number of hydrogen-bond donors (Lipinski definition) is 2. The van der Waals surface area contributed by atoms with Crippen molar-refractivity contribution in [3.63, 3.8) is 0 Å². The molecule has 1 atom stereocenters. The molecule has 2 heterocycles. The Bertz CT molecular complexity index is 1180. The van der Waals surface area contributed by atoms with E-state index in [0.717, 1.165) is 39.9 Å². The van der Waals surface area contributed by atoms with Gasteiger partial charge in [-0.1, -0.05) is 65.3 Å². The van der Waals surface area contributed by atoms with Crippen molar-refractivity contribution in [2.45, 2.75) is 44.5 Å². The number of fused-ring (bicyclic) bond motifs is 1. The lowest BCUT2D eigenvalue weighted by molar-refractivity contribution is -0.115. The van der Waals surface area contributed by atoms with E-state index in [1.165, 1.54) is 0 Å². The van der Waals surface area contributed by atoms with Crippen LogP contribution in [0.15, 0.2) is 69.4 Å². The maximum atomic E-state index is 12.4. The normalized spacial score (nSPS) is 15.2. The maximum Gasteiger partial charge on any atom is 0.248 e. The number of aromatic nitrogens is 3. The van der Waals surface area contributed by atoms with E-state index in [0.29, 0.717) is 29.0 Å². The van der Waals surface area contributed by atoms with E-state index in [9.17, 15) is 4.79 Å². The molecule has 172 valence electrons. The molecule has 1 aromatic heterocycles. The number of thioether (sulfide) groups is 1. The molecule has 2 aromatic carbocycles. The summed E-state index contributed by atoms with van der Waals surface area (Å²) in [6.45, 7) is 4.45. The van der Waals surface area contributed by atoms with Crippen LogP contribution in [-0.2, 0) is 11.4 Å². The van der Waals surface area contributed by atoms with Crippen LogP contribution in [0.4, 0.5) is 5.95 Å². The third-order valence-corrected chi connectivity index (χ3v) is 6.74. The molecule has 3 N–H and O–H groups in total. The predicted octanol–water partition coefficient (Wildman–Crippen LogP) is 5.29. The van der Waals surface area contributed by atoms with Gasteiger partial charge in [-0.15, -0.1) is 5.10 Å². The lowest BCUT2D eigenvalue weighted by atomic mass is 9.95. The van der Waals surface area contributed by atoms with Gasteiger partial charge in [-0.3, -0.25) is 4.79 Å². The summed E-state index contributed by atoms with van der Waals surface area (Å²) in [5.41, 5.74) is 8.89. The number of nitrogens with zero attached hydrogens (tertiary/aromatic N) is 3. The summed E-state index contributed by atoms with van der Waals surface area (Å²) >= 11 is 5.09. The Kier molecular flexibility index (Phi) is 7.39. The van der Waals surface area contributed by atoms with Crippen molar-refractivity contribution in [1.29, 1.82) is 0 Å². The van der Waals surface area contributed by atoms with Crippen molar-refractivity contribution >= 4 is 39.5 Å². The first-order valence-corrected chi connectivity index (χ1v) is 12.6. The van der Waals surface area contributed by atoms with E-state index in [1.807, 2.05) is 55.5 Å². The second kappa shape index (κ2) is 10.4. The number of carbonyl (C=O) groups excluding carboxylic acids is 1. The van der Waals surface area contributed by atoms with Gasteiger partial charge in [0.1, 0.15) is 18.4 Å². The fraction of sp³-hybridized carbons (Fsp3) is 0.292. The highest BCUT2D eigenvalue weighted by molar-refractivity contribution is 9.10. The van der Waals surface area contributed by atoms with E-state index in [2.05, 4.69) is 38.3 Å². The minimum absolute atomic E-state index is 0.453. The van der Waals surface area contributed by atoms with Crippen molar-refractivity contribution in [2.75, 3.05) is 11.1 Å². The number of nitrogens with two attached hydrogens (primary N) is 1. The van der Waals surface area contributed by atoms with Crippen molar-refractivity contribution < 1.29 is 9.53 Å². The SMILES string of the molecule is CCCCSc1nc2n(n1)C(c1ccc(OCc3cccc(Br)c3)cc1)C(C(N)=O)=C(C)N2. The van der Waals surface area contributed by atoms with E-state index in [-0.39, 0.29) is 0 Å². The fourth-order valence-electron chi connectivity index (χ4n) is 3.67. The van der Waals surface area contributed by atoms with Crippen LogP contribution < -0.4 is 15.8 Å². The molecular formula is C24H26BrN5O2S. The number of halogens is 1. The van der Waals surface area contributed by atoms with Crippen LogP contribution in [0.25, 0.3) is 0 Å². The summed E-state index contributed by atoms with van der Waals surface area (Å²) in [5.74, 6) is 1.81. The molecule has 9 heteroatoms. The standard InChI is InChI=1S/C24H26BrN5O2S/c1-3-4-12-33-24-28-23-27-15(2)20(22(26)31)21(30(23)29-24)17-8-10-19(11-9-17)32-14-16-6-5-7-18(25)13-16/h5-11,13,21H,3-4,12,14H2,1-2H3,(H2,26,31)(H,27,28,29). The van der Waals surface area contributed by atoms with Crippen molar-refractivity contribution in [3.05, 3.63) is 75.4 Å². The third kappa shape index (κ3) is 5.42. The zero-order chi connectivity index (χ0) is 23.4. The van der Waals surface area contributed by atoms with Gasteiger partial charge in [0.05, 0.1) is 5.57 Å². The Morgan fingerprint density at radius 2 is 2.06 bits per heavy atom. The molecule has 0 bridgehead atoms. The minimum atomic E-state index is -0.485. The number of benzene rings is 2. The molecule has 33 heavy (non-hydrogen) atoms. The molecule has 1 unspecified atom stereocenters. The number of ether oxygens (including phenoxy) is 1. The average Bonchev–Trinajstić information content (AvgIpc) is 3.19. The van der Waals surface area contributed by atoms with Gasteiger partial charge in [0, 0.05) is 15.9 Å². The van der Waals surface area contributed by atoms with E-state index >= 15 is 0 Å². The van der Waals surface area contributed by atoms with Gasteiger partial charge in [0.2, 0.25) is 17.0 Å². The van der Waals surface area contributed by atoms with Gasteiger partial charge in [-0.05, 0) is 48.7 Å². The zero-order valence-corrected chi connectivity index (χ0v) is 20.9. The Balaban J connectivity index is 1.58. The van der Waals surface area contributed by atoms with E-state index in [1.54, 1.807) is 16.4 Å². The summed E-state index contributed by atoms with van der Waals surface area (Å²) in [7, 11) is 0. The molecule has 1 aliphatic heterocycles. The minimum Gasteiger partial charge on any atom is -0.489 e. The largest absolute Gasteiger partial charge is 0.489 e. The predicted molar refractivity (Wildman–Crippen MR) is 134 cm³/mol. The first kappa shape index (κ1) is 23.4. The van der Waals surface area contributed by atoms with Gasteiger partial charge in [-0.25, -0.2) is 4.68 Å². The lowest BCUT2D eigenvalue weighted by Gasteiger charge is -2.27. The number of nitrogens with one attached hydrogen (secondary N) is 1. The highest BCUT2D eigenvalue weighted by atomic mass is 79.9. The van der Waals surface area contributed by atoms with Crippen LogP contribution in [0, 0.1) is 0 Å². The molecule has 0 aliphatic carbocycles. The van der Waals surface area contributed by atoms with Crippen LogP contribution in [0.1, 0.15) is 43.9 Å². The molecule has 0 saturated heterocycles. The number of amides is 1. The Labute approximate surface area is 205 Å². The summed E-state index contributed by atoms with van der Waals surface area (Å²) in [6.07, 6.45) is 2.21. The third-order valence-electron chi connectivity index (χ3n) is 5.32. The van der Waals surface area contributed by atoms with Gasteiger partial charge in [0.15, 0.2) is 0 Å². The van der Waals surface area contributed by atoms with Crippen LogP contribution in [0.2, 0.25) is 0 Å². The van der Waals surface area contributed by atoms with Crippen LogP contribution in [0.3, 0.4) is 0 Å².